The van der Waals surface area contributed by atoms with Crippen LogP contribution in [0.1, 0.15) is 73.0 Å². The standard InChI is InChI=1S/C25H30N2O/c1-3-15(2)26-25(28)19-11-12-21-20(14-19)22-17-9-10-18(13-17)23(22)24(27-21)16-7-5-4-6-8-16/h4-8,11-12,14-15,17-18,22-24,27H,3,9-10,13H2,1-2H3,(H,26,28)/t15-,17+,18+,22+,23-,24-/m0/s1. The van der Waals surface area contributed by atoms with Crippen molar-refractivity contribution in [2.75, 3.05) is 5.32 Å². The summed E-state index contributed by atoms with van der Waals surface area (Å²) < 4.78 is 0. The highest BCUT2D eigenvalue weighted by Crippen LogP contribution is 2.63. The van der Waals surface area contributed by atoms with Gasteiger partial charge >= 0.3 is 0 Å². The zero-order valence-electron chi connectivity index (χ0n) is 16.8. The monoisotopic (exact) mass is 374 g/mol. The fraction of sp³-hybridized carbons (Fsp3) is 0.480. The molecule has 6 atom stereocenters. The average molecular weight is 375 g/mol. The Bertz CT molecular complexity index is 877. The molecule has 0 aromatic heterocycles. The molecular formula is C25H30N2O. The van der Waals surface area contributed by atoms with Crippen molar-refractivity contribution in [1.82, 2.24) is 5.32 Å². The Labute approximate surface area is 167 Å². The van der Waals surface area contributed by atoms with E-state index >= 15 is 0 Å². The van der Waals surface area contributed by atoms with Crippen LogP contribution in [-0.4, -0.2) is 11.9 Å². The summed E-state index contributed by atoms with van der Waals surface area (Å²) in [5.41, 5.74) is 4.80. The average Bonchev–Trinajstić information content (AvgIpc) is 3.36. The lowest BCUT2D eigenvalue weighted by Gasteiger charge is -2.43. The zero-order chi connectivity index (χ0) is 19.3. The lowest BCUT2D eigenvalue weighted by molar-refractivity contribution is 0.0939. The molecule has 2 N–H and O–H groups in total. The van der Waals surface area contributed by atoms with E-state index in [0.717, 1.165) is 23.8 Å². The third-order valence-corrected chi connectivity index (χ3v) is 7.50. The molecule has 146 valence electrons. The molecule has 5 rings (SSSR count). The van der Waals surface area contributed by atoms with Gasteiger partial charge in [0.05, 0.1) is 6.04 Å². The largest absolute Gasteiger partial charge is 0.378 e. The van der Waals surface area contributed by atoms with Crippen molar-refractivity contribution in [2.45, 2.75) is 57.5 Å². The summed E-state index contributed by atoms with van der Waals surface area (Å²) in [6.07, 6.45) is 5.00. The minimum absolute atomic E-state index is 0.0574. The highest BCUT2D eigenvalue weighted by Gasteiger charge is 2.53. The molecule has 1 amide bonds. The second-order valence-electron chi connectivity index (χ2n) is 9.05. The van der Waals surface area contributed by atoms with Crippen LogP contribution in [0.2, 0.25) is 0 Å². The number of hydrogen-bond donors (Lipinski definition) is 2. The first-order chi connectivity index (χ1) is 13.7. The second kappa shape index (κ2) is 6.95. The van der Waals surface area contributed by atoms with Crippen molar-refractivity contribution in [3.8, 4) is 0 Å². The van der Waals surface area contributed by atoms with Crippen LogP contribution in [0.5, 0.6) is 0 Å². The van der Waals surface area contributed by atoms with Gasteiger partial charge in [0, 0.05) is 17.3 Å². The number of hydrogen-bond acceptors (Lipinski definition) is 2. The number of rotatable bonds is 4. The van der Waals surface area contributed by atoms with Gasteiger partial charge in [-0.1, -0.05) is 37.3 Å². The molecule has 3 heteroatoms. The second-order valence-corrected chi connectivity index (χ2v) is 9.05. The molecule has 3 nitrogen and oxygen atoms in total. The van der Waals surface area contributed by atoms with Crippen LogP contribution in [0.25, 0.3) is 0 Å². The first-order valence-corrected chi connectivity index (χ1v) is 10.9. The van der Waals surface area contributed by atoms with Gasteiger partial charge in [-0.3, -0.25) is 4.79 Å². The Hall–Kier alpha value is -2.29. The smallest absolute Gasteiger partial charge is 0.251 e. The van der Waals surface area contributed by atoms with Crippen LogP contribution in [0.4, 0.5) is 5.69 Å². The molecular weight excluding hydrogens is 344 g/mol. The lowest BCUT2D eigenvalue weighted by Crippen LogP contribution is -2.36. The third kappa shape index (κ3) is 2.83. The molecule has 3 aliphatic rings. The molecule has 0 spiro atoms. The predicted molar refractivity (Wildman–Crippen MR) is 114 cm³/mol. The number of fused-ring (bicyclic) bond motifs is 7. The molecule has 1 aliphatic heterocycles. The number of carbonyl (C=O) groups excluding carboxylic acids is 1. The van der Waals surface area contributed by atoms with Gasteiger partial charge in [0.25, 0.3) is 5.91 Å². The summed E-state index contributed by atoms with van der Waals surface area (Å²) in [5, 5.41) is 6.98. The van der Waals surface area contributed by atoms with Crippen LogP contribution in [-0.2, 0) is 0 Å². The Morgan fingerprint density at radius 3 is 2.71 bits per heavy atom. The van der Waals surface area contributed by atoms with Crippen LogP contribution in [0.3, 0.4) is 0 Å². The summed E-state index contributed by atoms with van der Waals surface area (Å²) in [6.45, 7) is 4.17. The fourth-order valence-electron chi connectivity index (χ4n) is 6.03. The molecule has 28 heavy (non-hydrogen) atoms. The Morgan fingerprint density at radius 1 is 1.14 bits per heavy atom. The fourth-order valence-corrected chi connectivity index (χ4v) is 6.03. The zero-order valence-corrected chi connectivity index (χ0v) is 16.8. The maximum atomic E-state index is 12.7. The maximum Gasteiger partial charge on any atom is 0.251 e. The molecule has 0 radical (unpaired) electrons. The minimum atomic E-state index is 0.0574. The van der Waals surface area contributed by atoms with Crippen molar-refractivity contribution in [1.29, 1.82) is 0 Å². The van der Waals surface area contributed by atoms with Crippen molar-refractivity contribution < 1.29 is 4.79 Å². The van der Waals surface area contributed by atoms with Crippen LogP contribution >= 0.6 is 0 Å². The first kappa shape index (κ1) is 17.8. The van der Waals surface area contributed by atoms with E-state index in [2.05, 4.69) is 66.9 Å². The highest BCUT2D eigenvalue weighted by molar-refractivity contribution is 5.95. The quantitative estimate of drug-likeness (QED) is 0.741. The van der Waals surface area contributed by atoms with Crippen LogP contribution < -0.4 is 10.6 Å². The maximum absolute atomic E-state index is 12.7. The molecule has 2 aromatic rings. The summed E-state index contributed by atoms with van der Waals surface area (Å²) >= 11 is 0. The SMILES string of the molecule is CC[C@H](C)NC(=O)c1ccc2c(c1)[C@H]1[C@@H]3CC[C@H](C3)[C@@H]1[C@H](c1ccccc1)N2. The van der Waals surface area contributed by atoms with Crippen molar-refractivity contribution >= 4 is 11.6 Å². The molecule has 2 bridgehead atoms. The van der Waals surface area contributed by atoms with Gasteiger partial charge in [-0.25, -0.2) is 0 Å². The summed E-state index contributed by atoms with van der Waals surface area (Å²) in [6, 6.07) is 17.8. The summed E-state index contributed by atoms with van der Waals surface area (Å²) in [7, 11) is 0. The van der Waals surface area contributed by atoms with Crippen LogP contribution in [0, 0.1) is 17.8 Å². The van der Waals surface area contributed by atoms with Gasteiger partial charge in [-0.05, 0) is 85.6 Å². The molecule has 2 aromatic carbocycles. The predicted octanol–water partition coefficient (Wildman–Crippen LogP) is 5.51. The lowest BCUT2D eigenvalue weighted by atomic mass is 9.68. The number of amides is 1. The first-order valence-electron chi connectivity index (χ1n) is 10.9. The van der Waals surface area contributed by atoms with Gasteiger partial charge in [0.2, 0.25) is 0 Å². The summed E-state index contributed by atoms with van der Waals surface area (Å²) in [5.74, 6) is 2.86. The van der Waals surface area contributed by atoms with Gasteiger partial charge < -0.3 is 10.6 Å². The van der Waals surface area contributed by atoms with E-state index in [4.69, 9.17) is 0 Å². The van der Waals surface area contributed by atoms with Gasteiger partial charge in [-0.2, -0.15) is 0 Å². The van der Waals surface area contributed by atoms with Crippen molar-refractivity contribution in [2.24, 2.45) is 17.8 Å². The van der Waals surface area contributed by atoms with E-state index in [-0.39, 0.29) is 11.9 Å². The molecule has 1 heterocycles. The number of benzene rings is 2. The van der Waals surface area contributed by atoms with Crippen LogP contribution in [0.15, 0.2) is 48.5 Å². The van der Waals surface area contributed by atoms with E-state index in [0.29, 0.717) is 17.9 Å². The number of carbonyl (C=O) groups is 1. The normalized spacial score (nSPS) is 30.9. The molecule has 2 fully saturated rings. The third-order valence-electron chi connectivity index (χ3n) is 7.50. The number of anilines is 1. The van der Waals surface area contributed by atoms with E-state index in [1.807, 2.05) is 6.07 Å². The molecule has 2 saturated carbocycles. The molecule has 2 aliphatic carbocycles. The Kier molecular flexibility index (Phi) is 4.41. The van der Waals surface area contributed by atoms with Crippen molar-refractivity contribution in [3.63, 3.8) is 0 Å². The van der Waals surface area contributed by atoms with Gasteiger partial charge in [-0.15, -0.1) is 0 Å². The van der Waals surface area contributed by atoms with E-state index in [9.17, 15) is 4.79 Å². The highest BCUT2D eigenvalue weighted by atomic mass is 16.1. The minimum Gasteiger partial charge on any atom is -0.378 e. The van der Waals surface area contributed by atoms with Gasteiger partial charge in [0.15, 0.2) is 0 Å². The molecule has 0 saturated heterocycles. The van der Waals surface area contributed by atoms with Gasteiger partial charge in [0.1, 0.15) is 0 Å². The Balaban J connectivity index is 1.52. The summed E-state index contributed by atoms with van der Waals surface area (Å²) in [4.78, 5) is 12.7. The Morgan fingerprint density at radius 2 is 1.93 bits per heavy atom. The number of nitrogens with one attached hydrogen (secondary N) is 2. The van der Waals surface area contributed by atoms with E-state index in [1.54, 1.807) is 0 Å². The molecule has 0 unspecified atom stereocenters. The van der Waals surface area contributed by atoms with E-state index < -0.39 is 0 Å². The van der Waals surface area contributed by atoms with Crippen molar-refractivity contribution in [3.05, 3.63) is 65.2 Å². The topological polar surface area (TPSA) is 41.1 Å². The van der Waals surface area contributed by atoms with E-state index in [1.165, 1.54) is 36.1 Å².